The van der Waals surface area contributed by atoms with E-state index in [0.717, 1.165) is 11.1 Å². The Hall–Kier alpha value is -2.33. The molecule has 0 bridgehead atoms. The second kappa shape index (κ2) is 8.67. The maximum absolute atomic E-state index is 12.3. The minimum atomic E-state index is -0.801. The molecule has 25 heavy (non-hydrogen) atoms. The van der Waals surface area contributed by atoms with Gasteiger partial charge in [0.2, 0.25) is 0 Å². The van der Waals surface area contributed by atoms with Crippen molar-refractivity contribution in [2.45, 2.75) is 25.7 Å². The van der Waals surface area contributed by atoms with E-state index in [4.69, 9.17) is 16.3 Å². The number of benzene rings is 2. The van der Waals surface area contributed by atoms with Gasteiger partial charge in [-0.3, -0.25) is 9.59 Å². The topological polar surface area (TPSA) is 55.4 Å². The molecular formula is C20H22ClNO3. The first kappa shape index (κ1) is 19.0. The minimum absolute atomic E-state index is 0.282. The lowest BCUT2D eigenvalue weighted by molar-refractivity contribution is -0.153. The van der Waals surface area contributed by atoms with Crippen LogP contribution in [-0.2, 0) is 26.2 Å². The molecule has 2 aromatic carbocycles. The molecule has 0 aliphatic heterocycles. The number of nitrogens with one attached hydrogen (secondary N) is 1. The van der Waals surface area contributed by atoms with Crippen molar-refractivity contribution < 1.29 is 14.3 Å². The first-order valence-corrected chi connectivity index (χ1v) is 8.51. The van der Waals surface area contributed by atoms with Crippen LogP contribution in [-0.4, -0.2) is 25.0 Å². The SMILES string of the molecule is CC(C)(C(=O)OCC(=O)NCCc1ccc(Cl)cc1)c1ccccc1. The fourth-order valence-corrected chi connectivity index (χ4v) is 2.46. The molecule has 0 fully saturated rings. The highest BCUT2D eigenvalue weighted by Crippen LogP contribution is 2.24. The molecule has 0 saturated heterocycles. The molecule has 0 saturated carbocycles. The average Bonchev–Trinajstić information content (AvgIpc) is 2.62. The van der Waals surface area contributed by atoms with Gasteiger partial charge >= 0.3 is 5.97 Å². The van der Waals surface area contributed by atoms with E-state index in [9.17, 15) is 9.59 Å². The molecule has 2 aromatic rings. The zero-order chi connectivity index (χ0) is 18.3. The predicted molar refractivity (Wildman–Crippen MR) is 98.6 cm³/mol. The lowest BCUT2D eigenvalue weighted by Crippen LogP contribution is -2.36. The van der Waals surface area contributed by atoms with Crippen molar-refractivity contribution in [1.29, 1.82) is 0 Å². The first-order chi connectivity index (χ1) is 11.9. The molecule has 0 aromatic heterocycles. The Kier molecular flexibility index (Phi) is 6.59. The van der Waals surface area contributed by atoms with E-state index in [1.165, 1.54) is 0 Å². The van der Waals surface area contributed by atoms with Crippen molar-refractivity contribution in [3.05, 3.63) is 70.7 Å². The number of halogens is 1. The number of carbonyl (C=O) groups excluding carboxylic acids is 2. The highest BCUT2D eigenvalue weighted by molar-refractivity contribution is 6.30. The summed E-state index contributed by atoms with van der Waals surface area (Å²) in [4.78, 5) is 24.1. The molecule has 2 rings (SSSR count). The van der Waals surface area contributed by atoms with E-state index < -0.39 is 11.4 Å². The van der Waals surface area contributed by atoms with Crippen molar-refractivity contribution in [1.82, 2.24) is 5.32 Å². The summed E-state index contributed by atoms with van der Waals surface area (Å²) in [5, 5.41) is 3.42. The third kappa shape index (κ3) is 5.61. The summed E-state index contributed by atoms with van der Waals surface area (Å²) in [6.45, 7) is 3.75. The molecule has 5 heteroatoms. The lowest BCUT2D eigenvalue weighted by Gasteiger charge is -2.22. The first-order valence-electron chi connectivity index (χ1n) is 8.13. The Labute approximate surface area is 153 Å². The van der Waals surface area contributed by atoms with Gasteiger partial charge in [-0.2, -0.15) is 0 Å². The molecule has 0 aliphatic carbocycles. The molecule has 1 N–H and O–H groups in total. The van der Waals surface area contributed by atoms with E-state index >= 15 is 0 Å². The number of carbonyl (C=O) groups is 2. The van der Waals surface area contributed by atoms with Crippen LogP contribution < -0.4 is 5.32 Å². The van der Waals surface area contributed by atoms with Crippen LogP contribution in [0, 0.1) is 0 Å². The van der Waals surface area contributed by atoms with Crippen molar-refractivity contribution in [2.75, 3.05) is 13.2 Å². The smallest absolute Gasteiger partial charge is 0.316 e. The highest BCUT2D eigenvalue weighted by Gasteiger charge is 2.31. The second-order valence-corrected chi connectivity index (χ2v) is 6.73. The molecule has 0 aliphatic rings. The Bertz CT molecular complexity index is 711. The third-order valence-electron chi connectivity index (χ3n) is 3.99. The zero-order valence-corrected chi connectivity index (χ0v) is 15.2. The highest BCUT2D eigenvalue weighted by atomic mass is 35.5. The van der Waals surface area contributed by atoms with Crippen molar-refractivity contribution in [2.24, 2.45) is 0 Å². The van der Waals surface area contributed by atoms with Gasteiger partial charge in [0, 0.05) is 11.6 Å². The van der Waals surface area contributed by atoms with Gasteiger partial charge in [-0.25, -0.2) is 0 Å². The van der Waals surface area contributed by atoms with E-state index in [1.54, 1.807) is 13.8 Å². The largest absolute Gasteiger partial charge is 0.455 e. The second-order valence-electron chi connectivity index (χ2n) is 6.29. The Balaban J connectivity index is 1.75. The van der Waals surface area contributed by atoms with Gasteiger partial charge in [0.1, 0.15) is 0 Å². The number of ether oxygens (including phenoxy) is 1. The molecule has 132 valence electrons. The summed E-state index contributed by atoms with van der Waals surface area (Å²) in [6, 6.07) is 16.8. The molecular weight excluding hydrogens is 338 g/mol. The van der Waals surface area contributed by atoms with Crippen LogP contribution in [0.5, 0.6) is 0 Å². The average molecular weight is 360 g/mol. The van der Waals surface area contributed by atoms with Crippen LogP contribution in [0.4, 0.5) is 0 Å². The lowest BCUT2D eigenvalue weighted by atomic mass is 9.85. The van der Waals surface area contributed by atoms with Crippen molar-refractivity contribution >= 4 is 23.5 Å². The van der Waals surface area contributed by atoms with Crippen LogP contribution in [0.2, 0.25) is 5.02 Å². The quantitative estimate of drug-likeness (QED) is 0.769. The molecule has 0 unspecified atom stereocenters. The van der Waals surface area contributed by atoms with Gasteiger partial charge in [0.05, 0.1) is 5.41 Å². The molecule has 4 nitrogen and oxygen atoms in total. The van der Waals surface area contributed by atoms with Gasteiger partial charge in [0.15, 0.2) is 6.61 Å². The Morgan fingerprint density at radius 3 is 2.32 bits per heavy atom. The van der Waals surface area contributed by atoms with Crippen LogP contribution in [0.25, 0.3) is 0 Å². The number of amides is 1. The molecule has 0 atom stereocenters. The summed E-state index contributed by atoms with van der Waals surface area (Å²) in [7, 11) is 0. The van der Waals surface area contributed by atoms with E-state index in [2.05, 4.69) is 5.32 Å². The van der Waals surface area contributed by atoms with E-state index in [-0.39, 0.29) is 12.5 Å². The number of hydrogen-bond acceptors (Lipinski definition) is 3. The minimum Gasteiger partial charge on any atom is -0.455 e. The van der Waals surface area contributed by atoms with Gasteiger partial charge in [-0.1, -0.05) is 54.1 Å². The third-order valence-corrected chi connectivity index (χ3v) is 4.24. The molecule has 0 spiro atoms. The van der Waals surface area contributed by atoms with Crippen LogP contribution >= 0.6 is 11.6 Å². The molecule has 0 heterocycles. The zero-order valence-electron chi connectivity index (χ0n) is 14.4. The van der Waals surface area contributed by atoms with Crippen LogP contribution in [0.15, 0.2) is 54.6 Å². The molecule has 1 amide bonds. The maximum atomic E-state index is 12.3. The van der Waals surface area contributed by atoms with Gasteiger partial charge in [-0.05, 0) is 43.5 Å². The maximum Gasteiger partial charge on any atom is 0.316 e. The van der Waals surface area contributed by atoms with E-state index in [1.807, 2.05) is 54.6 Å². The Morgan fingerprint density at radius 2 is 1.68 bits per heavy atom. The summed E-state index contributed by atoms with van der Waals surface area (Å²) in [5.41, 5.74) is 1.13. The van der Waals surface area contributed by atoms with E-state index in [0.29, 0.717) is 18.0 Å². The van der Waals surface area contributed by atoms with Gasteiger partial charge < -0.3 is 10.1 Å². The summed E-state index contributed by atoms with van der Waals surface area (Å²) in [6.07, 6.45) is 0.687. The standard InChI is InChI=1S/C20H22ClNO3/c1-20(2,16-6-4-3-5-7-16)19(24)25-14-18(23)22-13-12-15-8-10-17(21)11-9-15/h3-11H,12-14H2,1-2H3,(H,22,23). The van der Waals surface area contributed by atoms with Crippen LogP contribution in [0.1, 0.15) is 25.0 Å². The number of hydrogen-bond donors (Lipinski definition) is 1. The summed E-state index contributed by atoms with van der Waals surface area (Å²) < 4.78 is 5.17. The summed E-state index contributed by atoms with van der Waals surface area (Å²) >= 11 is 5.83. The number of esters is 1. The predicted octanol–water partition coefficient (Wildman–Crippen LogP) is 3.52. The number of rotatable bonds is 7. The van der Waals surface area contributed by atoms with Gasteiger partial charge in [-0.15, -0.1) is 0 Å². The molecule has 0 radical (unpaired) electrons. The Morgan fingerprint density at radius 1 is 1.04 bits per heavy atom. The van der Waals surface area contributed by atoms with Crippen molar-refractivity contribution in [3.63, 3.8) is 0 Å². The monoisotopic (exact) mass is 359 g/mol. The fourth-order valence-electron chi connectivity index (χ4n) is 2.33. The van der Waals surface area contributed by atoms with Crippen LogP contribution in [0.3, 0.4) is 0 Å². The van der Waals surface area contributed by atoms with Crippen molar-refractivity contribution in [3.8, 4) is 0 Å². The summed E-state index contributed by atoms with van der Waals surface area (Å²) in [5.74, 6) is -0.738. The van der Waals surface area contributed by atoms with Gasteiger partial charge in [0.25, 0.3) is 5.91 Å². The normalized spacial score (nSPS) is 11.0. The fraction of sp³-hybridized carbons (Fsp3) is 0.300.